The second-order valence-corrected chi connectivity index (χ2v) is 7.46. The number of nitrogens with zero attached hydrogens (tertiary/aromatic N) is 2. The predicted molar refractivity (Wildman–Crippen MR) is 106 cm³/mol. The highest BCUT2D eigenvalue weighted by atomic mass is 16.5. The Balaban J connectivity index is 1.68. The van der Waals surface area contributed by atoms with Gasteiger partial charge in [0.25, 0.3) is 0 Å². The second-order valence-electron chi connectivity index (χ2n) is 7.46. The third kappa shape index (κ3) is 5.30. The van der Waals surface area contributed by atoms with Gasteiger partial charge in [-0.05, 0) is 43.4 Å². The molecule has 1 aliphatic rings. The molecule has 1 aromatic heterocycles. The van der Waals surface area contributed by atoms with E-state index in [0.29, 0.717) is 6.42 Å². The average molecular weight is 367 g/mol. The molecule has 1 saturated carbocycles. The van der Waals surface area contributed by atoms with E-state index >= 15 is 0 Å². The molecule has 1 aliphatic carbocycles. The van der Waals surface area contributed by atoms with Gasteiger partial charge in [0, 0.05) is 24.4 Å². The van der Waals surface area contributed by atoms with Crippen molar-refractivity contribution in [3.8, 4) is 0 Å². The topological polar surface area (TPSA) is 65.5 Å². The number of amides is 2. The van der Waals surface area contributed by atoms with Gasteiger partial charge < -0.3 is 5.32 Å². The molecule has 0 radical (unpaired) electrons. The van der Waals surface area contributed by atoms with E-state index in [1.165, 1.54) is 6.42 Å². The van der Waals surface area contributed by atoms with Gasteiger partial charge in [-0.1, -0.05) is 55.7 Å². The van der Waals surface area contributed by atoms with Crippen LogP contribution in [0, 0.1) is 0 Å². The highest BCUT2D eigenvalue weighted by molar-refractivity contribution is 5.73. The third-order valence-electron chi connectivity index (χ3n) is 5.42. The van der Waals surface area contributed by atoms with E-state index in [-0.39, 0.29) is 18.0 Å². The molecule has 1 fully saturated rings. The standard InChI is InChI=1S/C22H29N3O2/c1-17(25(27)22(26)24-20-12-6-3-7-13-20)15-21(18-9-4-2-5-10-18)19-11-8-14-23-16-19/h2,4-5,8-11,14,16-17,20-21,27H,3,6-7,12-13,15H2,1H3,(H,24,26). The molecule has 0 aliphatic heterocycles. The summed E-state index contributed by atoms with van der Waals surface area (Å²) >= 11 is 0. The summed E-state index contributed by atoms with van der Waals surface area (Å²) in [6.07, 6.45) is 9.73. The summed E-state index contributed by atoms with van der Waals surface area (Å²) < 4.78 is 0. The molecule has 2 aromatic rings. The highest BCUT2D eigenvalue weighted by Crippen LogP contribution is 2.30. The fourth-order valence-corrected chi connectivity index (χ4v) is 3.86. The van der Waals surface area contributed by atoms with Crippen LogP contribution in [0.3, 0.4) is 0 Å². The molecule has 27 heavy (non-hydrogen) atoms. The molecule has 2 N–H and O–H groups in total. The minimum atomic E-state index is -0.396. The fraction of sp³-hybridized carbons (Fsp3) is 0.455. The Bertz CT molecular complexity index is 663. The molecule has 0 bridgehead atoms. The summed E-state index contributed by atoms with van der Waals surface area (Å²) in [5, 5.41) is 14.3. The maximum Gasteiger partial charge on any atom is 0.341 e. The number of benzene rings is 1. The summed E-state index contributed by atoms with van der Waals surface area (Å²) in [6.45, 7) is 1.88. The Morgan fingerprint density at radius 2 is 1.85 bits per heavy atom. The first-order valence-corrected chi connectivity index (χ1v) is 9.88. The molecule has 2 atom stereocenters. The van der Waals surface area contributed by atoms with Crippen molar-refractivity contribution in [2.24, 2.45) is 0 Å². The Kier molecular flexibility index (Phi) is 6.82. The zero-order valence-corrected chi connectivity index (χ0v) is 15.9. The van der Waals surface area contributed by atoms with Crippen LogP contribution in [0.25, 0.3) is 0 Å². The van der Waals surface area contributed by atoms with Gasteiger partial charge in [-0.2, -0.15) is 0 Å². The molecule has 1 aromatic carbocycles. The Labute approximate surface area is 161 Å². The van der Waals surface area contributed by atoms with E-state index in [1.54, 1.807) is 6.20 Å². The van der Waals surface area contributed by atoms with Gasteiger partial charge in [0.05, 0.1) is 6.04 Å². The third-order valence-corrected chi connectivity index (χ3v) is 5.42. The Hall–Kier alpha value is -2.40. The summed E-state index contributed by atoms with van der Waals surface area (Å²) in [5.74, 6) is 0.0621. The first-order chi connectivity index (χ1) is 13.1. The highest BCUT2D eigenvalue weighted by Gasteiger charge is 2.26. The van der Waals surface area contributed by atoms with Gasteiger partial charge in [0.15, 0.2) is 0 Å². The molecule has 0 saturated heterocycles. The smallest absolute Gasteiger partial charge is 0.333 e. The van der Waals surface area contributed by atoms with E-state index < -0.39 is 6.03 Å². The summed E-state index contributed by atoms with van der Waals surface area (Å²) in [6, 6.07) is 13.6. The molecule has 0 spiro atoms. The van der Waals surface area contributed by atoms with Crippen molar-refractivity contribution in [1.82, 2.24) is 15.4 Å². The first-order valence-electron chi connectivity index (χ1n) is 9.88. The van der Waals surface area contributed by atoms with Gasteiger partial charge in [-0.3, -0.25) is 10.2 Å². The molecule has 1 heterocycles. The minimum Gasteiger partial charge on any atom is -0.333 e. The number of hydrogen-bond acceptors (Lipinski definition) is 3. The summed E-state index contributed by atoms with van der Waals surface area (Å²) in [4.78, 5) is 16.7. The van der Waals surface area contributed by atoms with E-state index in [0.717, 1.165) is 41.9 Å². The van der Waals surface area contributed by atoms with E-state index in [4.69, 9.17) is 0 Å². The quantitative estimate of drug-likeness (QED) is 0.573. The van der Waals surface area contributed by atoms with Crippen LogP contribution < -0.4 is 5.32 Å². The number of nitrogens with one attached hydrogen (secondary N) is 1. The van der Waals surface area contributed by atoms with E-state index in [2.05, 4.69) is 22.4 Å². The zero-order chi connectivity index (χ0) is 19.1. The SMILES string of the molecule is CC(CC(c1ccccc1)c1cccnc1)N(O)C(=O)NC1CCCCC1. The van der Waals surface area contributed by atoms with E-state index in [9.17, 15) is 10.0 Å². The van der Waals surface area contributed by atoms with Crippen molar-refractivity contribution in [1.29, 1.82) is 0 Å². The van der Waals surface area contributed by atoms with Crippen LogP contribution >= 0.6 is 0 Å². The van der Waals surface area contributed by atoms with Crippen molar-refractivity contribution in [2.45, 2.75) is 63.5 Å². The molecule has 5 nitrogen and oxygen atoms in total. The molecular weight excluding hydrogens is 338 g/mol. The molecule has 3 rings (SSSR count). The normalized spacial score (nSPS) is 17.1. The largest absolute Gasteiger partial charge is 0.341 e. The molecular formula is C22H29N3O2. The van der Waals surface area contributed by atoms with Crippen LogP contribution in [0.4, 0.5) is 4.79 Å². The molecule has 2 unspecified atom stereocenters. The lowest BCUT2D eigenvalue weighted by molar-refractivity contribution is -0.0769. The lowest BCUT2D eigenvalue weighted by atomic mass is 9.87. The lowest BCUT2D eigenvalue weighted by Gasteiger charge is -2.30. The Morgan fingerprint density at radius 1 is 1.15 bits per heavy atom. The number of pyridine rings is 1. The van der Waals surface area contributed by atoms with Gasteiger partial charge in [-0.15, -0.1) is 0 Å². The van der Waals surface area contributed by atoms with Gasteiger partial charge in [0.1, 0.15) is 0 Å². The van der Waals surface area contributed by atoms with Crippen LogP contribution in [0.1, 0.15) is 62.5 Å². The Morgan fingerprint density at radius 3 is 2.52 bits per heavy atom. The maximum absolute atomic E-state index is 12.5. The molecule has 2 amide bonds. The summed E-state index contributed by atoms with van der Waals surface area (Å²) in [7, 11) is 0. The number of hydroxylamine groups is 2. The number of urea groups is 1. The van der Waals surface area contributed by atoms with E-state index in [1.807, 2.05) is 43.5 Å². The van der Waals surface area contributed by atoms with Crippen LogP contribution in [0.5, 0.6) is 0 Å². The zero-order valence-electron chi connectivity index (χ0n) is 15.9. The van der Waals surface area contributed by atoms with Crippen LogP contribution in [0.2, 0.25) is 0 Å². The fourth-order valence-electron chi connectivity index (χ4n) is 3.86. The van der Waals surface area contributed by atoms with Crippen molar-refractivity contribution in [2.75, 3.05) is 0 Å². The van der Waals surface area contributed by atoms with Crippen molar-refractivity contribution in [3.63, 3.8) is 0 Å². The second kappa shape index (κ2) is 9.51. The van der Waals surface area contributed by atoms with Crippen LogP contribution in [0.15, 0.2) is 54.9 Å². The van der Waals surface area contributed by atoms with Crippen molar-refractivity contribution >= 4 is 6.03 Å². The monoisotopic (exact) mass is 367 g/mol. The van der Waals surface area contributed by atoms with Crippen molar-refractivity contribution < 1.29 is 10.0 Å². The average Bonchev–Trinajstić information content (AvgIpc) is 2.73. The molecule has 5 heteroatoms. The van der Waals surface area contributed by atoms with Gasteiger partial charge >= 0.3 is 6.03 Å². The summed E-state index contributed by atoms with van der Waals surface area (Å²) in [5.41, 5.74) is 2.23. The number of hydrogen-bond donors (Lipinski definition) is 2. The van der Waals surface area contributed by atoms with Crippen molar-refractivity contribution in [3.05, 3.63) is 66.0 Å². The molecule has 144 valence electrons. The lowest BCUT2D eigenvalue weighted by Crippen LogP contribution is -2.47. The number of carbonyl (C=O) groups is 1. The number of carbonyl (C=O) groups excluding carboxylic acids is 1. The minimum absolute atomic E-state index is 0.0621. The van der Waals surface area contributed by atoms with Gasteiger partial charge in [-0.25, -0.2) is 9.86 Å². The number of rotatable bonds is 6. The van der Waals surface area contributed by atoms with Crippen LogP contribution in [-0.4, -0.2) is 33.4 Å². The van der Waals surface area contributed by atoms with Crippen LogP contribution in [-0.2, 0) is 0 Å². The first kappa shape index (κ1) is 19.4. The van der Waals surface area contributed by atoms with Gasteiger partial charge in [0.2, 0.25) is 0 Å². The predicted octanol–water partition coefficient (Wildman–Crippen LogP) is 4.73. The maximum atomic E-state index is 12.5. The number of aromatic nitrogens is 1.